The molecule has 0 saturated heterocycles. The van der Waals surface area contributed by atoms with Gasteiger partial charge in [0.05, 0.1) is 25.4 Å². The lowest BCUT2D eigenvalue weighted by atomic mass is 10.0. The summed E-state index contributed by atoms with van der Waals surface area (Å²) >= 11 is 0. The minimum Gasteiger partial charge on any atom is -0.466 e. The van der Waals surface area contributed by atoms with E-state index >= 15 is 0 Å². The molecule has 6 nitrogen and oxygen atoms in total. The fourth-order valence-electron chi connectivity index (χ4n) is 10.1. The first-order chi connectivity index (χ1) is 36.0. The molecule has 0 saturated carbocycles. The van der Waals surface area contributed by atoms with Crippen LogP contribution in [0.3, 0.4) is 0 Å². The Morgan fingerprint density at radius 3 is 1.08 bits per heavy atom. The van der Waals surface area contributed by atoms with E-state index in [1.807, 2.05) is 0 Å². The van der Waals surface area contributed by atoms with Crippen LogP contribution in [0, 0.1) is 0 Å². The third-order valence-corrected chi connectivity index (χ3v) is 15.2. The van der Waals surface area contributed by atoms with Crippen LogP contribution in [-0.2, 0) is 14.3 Å². The van der Waals surface area contributed by atoms with E-state index < -0.39 is 12.1 Å². The first-order valence-corrected chi connectivity index (χ1v) is 32.7. The molecule has 0 aliphatic rings. The van der Waals surface area contributed by atoms with Crippen molar-refractivity contribution in [2.75, 3.05) is 13.2 Å². The lowest BCUT2D eigenvalue weighted by molar-refractivity contribution is -0.143. The van der Waals surface area contributed by atoms with Gasteiger partial charge in [0.25, 0.3) is 0 Å². The van der Waals surface area contributed by atoms with Gasteiger partial charge in [-0.2, -0.15) is 0 Å². The zero-order chi connectivity index (χ0) is 52.9. The number of rotatable bonds is 61. The molecule has 0 rings (SSSR count). The highest BCUT2D eigenvalue weighted by atomic mass is 16.5. The molecule has 2 atom stereocenters. The minimum absolute atomic E-state index is 0.00330. The summed E-state index contributed by atoms with van der Waals surface area (Å²) in [5.74, 6) is -0.0452. The molecule has 1 amide bonds. The Morgan fingerprint density at radius 1 is 0.384 bits per heavy atom. The monoisotopic (exact) mass is 1030 g/mol. The van der Waals surface area contributed by atoms with Gasteiger partial charge in [0, 0.05) is 12.8 Å². The summed E-state index contributed by atoms with van der Waals surface area (Å²) in [7, 11) is 0. The molecule has 0 aromatic heterocycles. The van der Waals surface area contributed by atoms with Crippen LogP contribution in [-0.4, -0.2) is 47.4 Å². The number of esters is 1. The molecule has 0 spiro atoms. The van der Waals surface area contributed by atoms with Crippen molar-refractivity contribution in [3.05, 3.63) is 36.5 Å². The Balaban J connectivity index is 3.44. The molecule has 0 radical (unpaired) electrons. The van der Waals surface area contributed by atoms with Crippen LogP contribution in [0.2, 0.25) is 0 Å². The number of carbonyl (C=O) groups excluding carboxylic acids is 2. The van der Waals surface area contributed by atoms with Gasteiger partial charge in [-0.15, -0.1) is 0 Å². The van der Waals surface area contributed by atoms with Gasteiger partial charge < -0.3 is 20.3 Å². The van der Waals surface area contributed by atoms with E-state index in [0.29, 0.717) is 25.9 Å². The van der Waals surface area contributed by atoms with Gasteiger partial charge >= 0.3 is 5.97 Å². The van der Waals surface area contributed by atoms with Gasteiger partial charge in [-0.3, -0.25) is 9.59 Å². The van der Waals surface area contributed by atoms with Gasteiger partial charge in [-0.25, -0.2) is 0 Å². The van der Waals surface area contributed by atoms with Gasteiger partial charge in [0.2, 0.25) is 5.91 Å². The Kier molecular flexibility index (Phi) is 61.0. The number of amides is 1. The van der Waals surface area contributed by atoms with Crippen molar-refractivity contribution < 1.29 is 24.5 Å². The smallest absolute Gasteiger partial charge is 0.305 e. The maximum atomic E-state index is 12.5. The van der Waals surface area contributed by atoms with Crippen molar-refractivity contribution in [3.8, 4) is 0 Å². The van der Waals surface area contributed by atoms with Crippen molar-refractivity contribution in [2.45, 2.75) is 366 Å². The molecule has 3 N–H and O–H groups in total. The molecular formula is C67H127NO5. The Labute approximate surface area is 455 Å². The average molecular weight is 1030 g/mol. The zero-order valence-corrected chi connectivity index (χ0v) is 49.1. The molecule has 6 heteroatoms. The summed E-state index contributed by atoms with van der Waals surface area (Å²) in [5.41, 5.74) is 0. The second kappa shape index (κ2) is 62.6. The number of allylic oxidation sites excluding steroid dienone is 6. The molecule has 0 aromatic carbocycles. The number of hydrogen-bond donors (Lipinski definition) is 3. The van der Waals surface area contributed by atoms with E-state index in [4.69, 9.17) is 4.74 Å². The average Bonchev–Trinajstić information content (AvgIpc) is 3.39. The topological polar surface area (TPSA) is 95.9 Å². The first-order valence-electron chi connectivity index (χ1n) is 32.7. The van der Waals surface area contributed by atoms with Crippen molar-refractivity contribution >= 4 is 11.9 Å². The van der Waals surface area contributed by atoms with E-state index in [0.717, 1.165) is 51.4 Å². The first kappa shape index (κ1) is 71.1. The van der Waals surface area contributed by atoms with Crippen LogP contribution in [0.4, 0.5) is 0 Å². The summed E-state index contributed by atoms with van der Waals surface area (Å²) < 4.78 is 5.49. The van der Waals surface area contributed by atoms with Gasteiger partial charge in [0.15, 0.2) is 0 Å². The fraction of sp³-hybridized carbons (Fsp3) is 0.881. The van der Waals surface area contributed by atoms with E-state index in [2.05, 4.69) is 55.6 Å². The second-order valence-corrected chi connectivity index (χ2v) is 22.4. The summed E-state index contributed by atoms with van der Waals surface area (Å²) in [5, 5.41) is 23.4. The Hall–Kier alpha value is -1.92. The molecule has 0 aromatic rings. The summed E-state index contributed by atoms with van der Waals surface area (Å²) in [6.45, 7) is 4.94. The van der Waals surface area contributed by atoms with Crippen LogP contribution >= 0.6 is 0 Å². The van der Waals surface area contributed by atoms with E-state index in [-0.39, 0.29) is 18.5 Å². The number of carbonyl (C=O) groups is 2. The number of aliphatic hydroxyl groups is 2. The molecule has 0 fully saturated rings. The van der Waals surface area contributed by atoms with Crippen LogP contribution < -0.4 is 5.32 Å². The molecule has 73 heavy (non-hydrogen) atoms. The highest BCUT2D eigenvalue weighted by molar-refractivity contribution is 5.76. The summed E-state index contributed by atoms with van der Waals surface area (Å²) in [6.07, 6.45) is 78.7. The minimum atomic E-state index is -0.672. The molecule has 0 bridgehead atoms. The van der Waals surface area contributed by atoms with Crippen molar-refractivity contribution in [1.82, 2.24) is 5.32 Å². The second-order valence-electron chi connectivity index (χ2n) is 22.4. The normalized spacial score (nSPS) is 12.8. The van der Waals surface area contributed by atoms with Gasteiger partial charge in [-0.05, 0) is 83.5 Å². The quantitative estimate of drug-likeness (QED) is 0.0320. The van der Waals surface area contributed by atoms with Gasteiger partial charge in [-0.1, -0.05) is 294 Å². The Morgan fingerprint density at radius 2 is 0.685 bits per heavy atom. The maximum Gasteiger partial charge on any atom is 0.305 e. The molecule has 0 aliphatic heterocycles. The molecular weight excluding hydrogens is 899 g/mol. The lowest BCUT2D eigenvalue weighted by Crippen LogP contribution is -2.45. The van der Waals surface area contributed by atoms with Crippen molar-refractivity contribution in [3.63, 3.8) is 0 Å². The highest BCUT2D eigenvalue weighted by Gasteiger charge is 2.20. The highest BCUT2D eigenvalue weighted by Crippen LogP contribution is 2.18. The SMILES string of the molecule is CCCCC/C=C\C/C=C\CCCCCCCCCC(=O)OCCCCCCCCCC/C=C\CCCCCCCCCC(=O)NC(CO)C(O)CCCCCCCCCCCCCCCCCCCCCC. The molecule has 430 valence electrons. The lowest BCUT2D eigenvalue weighted by Gasteiger charge is -2.22. The number of aliphatic hydroxyl groups excluding tert-OH is 2. The Bertz CT molecular complexity index is 1180. The predicted octanol–water partition coefficient (Wildman–Crippen LogP) is 20.8. The maximum absolute atomic E-state index is 12.5. The third-order valence-electron chi connectivity index (χ3n) is 15.2. The third kappa shape index (κ3) is 59.2. The number of nitrogens with one attached hydrogen (secondary N) is 1. The number of unbranched alkanes of at least 4 members (excludes halogenated alkanes) is 44. The van der Waals surface area contributed by atoms with Crippen LogP contribution in [0.25, 0.3) is 0 Å². The molecule has 0 heterocycles. The molecule has 2 unspecified atom stereocenters. The fourth-order valence-corrected chi connectivity index (χ4v) is 10.1. The van der Waals surface area contributed by atoms with Crippen molar-refractivity contribution in [2.24, 2.45) is 0 Å². The summed E-state index contributed by atoms with van der Waals surface area (Å²) in [6, 6.07) is -0.550. The van der Waals surface area contributed by atoms with Gasteiger partial charge in [0.1, 0.15) is 0 Å². The standard InChI is InChI=1S/C67H127NO5/c1-3-5-7-9-11-13-15-17-19-21-22-24-28-31-35-39-43-47-51-55-59-65(70)64(63-69)68-66(71)60-56-52-48-44-40-36-32-29-25-23-26-30-34-38-42-46-50-54-58-62-73-67(72)61-57-53-49-45-41-37-33-27-20-18-16-14-12-10-8-6-4-2/h12,14,18,20,23,25,64-65,69-70H,3-11,13,15-17,19,21-22,24,26-63H2,1-2H3,(H,68,71)/b14-12-,20-18-,25-23-. The van der Waals surface area contributed by atoms with Crippen molar-refractivity contribution in [1.29, 1.82) is 0 Å². The van der Waals surface area contributed by atoms with Crippen LogP contribution in [0.1, 0.15) is 354 Å². The van der Waals surface area contributed by atoms with Crippen LogP contribution in [0.5, 0.6) is 0 Å². The number of ether oxygens (including phenoxy) is 1. The van der Waals surface area contributed by atoms with E-state index in [1.165, 1.54) is 270 Å². The largest absolute Gasteiger partial charge is 0.466 e. The molecule has 0 aliphatic carbocycles. The summed E-state index contributed by atoms with van der Waals surface area (Å²) in [4.78, 5) is 24.6. The zero-order valence-electron chi connectivity index (χ0n) is 49.1. The van der Waals surface area contributed by atoms with E-state index in [1.54, 1.807) is 0 Å². The van der Waals surface area contributed by atoms with E-state index in [9.17, 15) is 19.8 Å². The predicted molar refractivity (Wildman–Crippen MR) is 319 cm³/mol. The number of hydrogen-bond acceptors (Lipinski definition) is 5. The van der Waals surface area contributed by atoms with Crippen LogP contribution in [0.15, 0.2) is 36.5 Å².